The second-order valence-electron chi connectivity index (χ2n) is 5.06. The van der Waals surface area contributed by atoms with Crippen molar-refractivity contribution in [2.45, 2.75) is 45.8 Å². The minimum atomic E-state index is -1.48. The van der Waals surface area contributed by atoms with Gasteiger partial charge in [0.25, 0.3) is 0 Å². The normalized spacial score (nSPS) is 13.3. The zero-order chi connectivity index (χ0) is 11.4. The molecule has 0 saturated carbocycles. The molecule has 0 saturated heterocycles. The minimum Gasteiger partial charge on any atom is -0.463 e. The summed E-state index contributed by atoms with van der Waals surface area (Å²) in [7, 11) is -1.48. The summed E-state index contributed by atoms with van der Waals surface area (Å²) in [4.78, 5) is 11.1. The predicted octanol–water partition coefficient (Wildman–Crippen LogP) is 3.15. The zero-order valence-corrected chi connectivity index (χ0v) is 11.2. The van der Waals surface area contributed by atoms with Gasteiger partial charge in [-0.15, -0.1) is 0 Å². The lowest BCUT2D eigenvalue weighted by Crippen LogP contribution is -2.35. The van der Waals surface area contributed by atoms with E-state index in [0.717, 1.165) is 0 Å². The first-order valence-electron chi connectivity index (χ1n) is 5.06. The first kappa shape index (κ1) is 13.4. The Balaban J connectivity index is 4.43. The van der Waals surface area contributed by atoms with Gasteiger partial charge < -0.3 is 4.74 Å². The van der Waals surface area contributed by atoms with E-state index in [4.69, 9.17) is 4.74 Å². The van der Waals surface area contributed by atoms with Gasteiger partial charge in [0.2, 0.25) is 0 Å². The van der Waals surface area contributed by atoms with Crippen molar-refractivity contribution in [3.63, 3.8) is 0 Å². The van der Waals surface area contributed by atoms with Crippen molar-refractivity contribution in [3.8, 4) is 0 Å². The lowest BCUT2D eigenvalue weighted by Gasteiger charge is -2.33. The second-order valence-corrected chi connectivity index (χ2v) is 10.3. The van der Waals surface area contributed by atoms with Crippen molar-refractivity contribution in [2.75, 3.05) is 6.61 Å². The lowest BCUT2D eigenvalue weighted by molar-refractivity contribution is -0.137. The largest absolute Gasteiger partial charge is 0.463 e. The molecule has 0 aromatic rings. The average molecular weight is 214 g/mol. The first-order chi connectivity index (χ1) is 6.20. The molecule has 0 aliphatic carbocycles. The SMILES string of the molecule is CCOC(=O)/C=C/[Si](C)(C)C(C)(C)C. The van der Waals surface area contributed by atoms with Crippen LogP contribution in [0.3, 0.4) is 0 Å². The van der Waals surface area contributed by atoms with Gasteiger partial charge in [0.15, 0.2) is 0 Å². The standard InChI is InChI=1S/C11H22O2Si/c1-7-13-10(12)8-9-14(5,6)11(2,3)4/h8-9H,7H2,1-6H3/b9-8+. The van der Waals surface area contributed by atoms with Crippen molar-refractivity contribution >= 4 is 14.0 Å². The van der Waals surface area contributed by atoms with Crippen LogP contribution in [0.15, 0.2) is 11.8 Å². The third-order valence-corrected chi connectivity index (χ3v) is 7.72. The molecule has 0 heterocycles. The fourth-order valence-corrected chi connectivity index (χ4v) is 1.77. The van der Waals surface area contributed by atoms with Crippen LogP contribution in [-0.2, 0) is 9.53 Å². The molecule has 3 heteroatoms. The van der Waals surface area contributed by atoms with Crippen LogP contribution in [0.4, 0.5) is 0 Å². The van der Waals surface area contributed by atoms with Crippen LogP contribution in [0.25, 0.3) is 0 Å². The molecule has 0 fully saturated rings. The summed E-state index contributed by atoms with van der Waals surface area (Å²) in [6, 6.07) is 0. The molecule has 82 valence electrons. The van der Waals surface area contributed by atoms with Gasteiger partial charge in [0.1, 0.15) is 0 Å². The number of rotatable bonds is 3. The van der Waals surface area contributed by atoms with E-state index in [0.29, 0.717) is 6.61 Å². The Morgan fingerprint density at radius 3 is 2.21 bits per heavy atom. The summed E-state index contributed by atoms with van der Waals surface area (Å²) in [5.74, 6) is -0.225. The van der Waals surface area contributed by atoms with E-state index in [9.17, 15) is 4.79 Å². The summed E-state index contributed by atoms with van der Waals surface area (Å²) in [6.07, 6.45) is 1.58. The molecular formula is C11H22O2Si. The molecule has 0 spiro atoms. The Kier molecular flexibility index (Phi) is 4.58. The summed E-state index contributed by atoms with van der Waals surface area (Å²) in [5.41, 5.74) is 2.06. The number of hydrogen-bond acceptors (Lipinski definition) is 2. The number of hydrogen-bond donors (Lipinski definition) is 0. The lowest BCUT2D eigenvalue weighted by atomic mass is 10.2. The van der Waals surface area contributed by atoms with Crippen LogP contribution in [-0.4, -0.2) is 20.7 Å². The maximum absolute atomic E-state index is 11.1. The third-order valence-electron chi connectivity index (χ3n) is 2.86. The van der Waals surface area contributed by atoms with Gasteiger partial charge in [0.05, 0.1) is 14.7 Å². The second kappa shape index (κ2) is 4.78. The van der Waals surface area contributed by atoms with Crippen molar-refractivity contribution in [1.82, 2.24) is 0 Å². The molecule has 2 nitrogen and oxygen atoms in total. The molecule has 0 aromatic heterocycles. The topological polar surface area (TPSA) is 26.3 Å². The Hall–Kier alpha value is -0.573. The molecule has 0 aliphatic heterocycles. The molecule has 0 amide bonds. The number of carbonyl (C=O) groups is 1. The van der Waals surface area contributed by atoms with E-state index in [1.807, 2.05) is 6.92 Å². The highest BCUT2D eigenvalue weighted by molar-refractivity contribution is 6.84. The van der Waals surface area contributed by atoms with Gasteiger partial charge in [-0.2, -0.15) is 0 Å². The highest BCUT2D eigenvalue weighted by atomic mass is 28.3. The zero-order valence-electron chi connectivity index (χ0n) is 10.2. The Bertz CT molecular complexity index is 224. The van der Waals surface area contributed by atoms with Gasteiger partial charge >= 0.3 is 5.97 Å². The third kappa shape index (κ3) is 4.09. The highest BCUT2D eigenvalue weighted by Crippen LogP contribution is 2.36. The van der Waals surface area contributed by atoms with Crippen molar-refractivity contribution < 1.29 is 9.53 Å². The molecule has 0 unspecified atom stereocenters. The average Bonchev–Trinajstić information content (AvgIpc) is 1.99. The minimum absolute atomic E-state index is 0.225. The van der Waals surface area contributed by atoms with Gasteiger partial charge in [-0.3, -0.25) is 0 Å². The maximum atomic E-state index is 11.1. The fraction of sp³-hybridized carbons (Fsp3) is 0.727. The Labute approximate surface area is 88.4 Å². The van der Waals surface area contributed by atoms with Crippen LogP contribution in [0.5, 0.6) is 0 Å². The maximum Gasteiger partial charge on any atom is 0.330 e. The van der Waals surface area contributed by atoms with Crippen molar-refractivity contribution in [2.24, 2.45) is 0 Å². The molecule has 14 heavy (non-hydrogen) atoms. The molecule has 0 aromatic carbocycles. The molecule has 0 bridgehead atoms. The summed E-state index contributed by atoms with van der Waals surface area (Å²) in [6.45, 7) is 13.4. The fourth-order valence-electron chi connectivity index (χ4n) is 0.717. The van der Waals surface area contributed by atoms with Crippen LogP contribution < -0.4 is 0 Å². The van der Waals surface area contributed by atoms with Crippen molar-refractivity contribution in [1.29, 1.82) is 0 Å². The van der Waals surface area contributed by atoms with E-state index in [2.05, 4.69) is 39.6 Å². The van der Waals surface area contributed by atoms with Crippen LogP contribution >= 0.6 is 0 Å². The van der Waals surface area contributed by atoms with Gasteiger partial charge in [0, 0.05) is 6.08 Å². The van der Waals surface area contributed by atoms with Crippen LogP contribution in [0.2, 0.25) is 18.1 Å². The Morgan fingerprint density at radius 1 is 1.36 bits per heavy atom. The molecule has 0 rings (SSSR count). The quantitative estimate of drug-likeness (QED) is 0.410. The van der Waals surface area contributed by atoms with Crippen LogP contribution in [0, 0.1) is 0 Å². The number of carbonyl (C=O) groups excluding carboxylic acids is 1. The molecule has 0 N–H and O–H groups in total. The molecular weight excluding hydrogens is 192 g/mol. The van der Waals surface area contributed by atoms with Gasteiger partial charge in [-0.1, -0.05) is 39.6 Å². The number of esters is 1. The first-order valence-corrected chi connectivity index (χ1v) is 8.14. The predicted molar refractivity (Wildman–Crippen MR) is 63.0 cm³/mol. The molecule has 0 aliphatic rings. The van der Waals surface area contributed by atoms with E-state index in [1.54, 1.807) is 6.08 Å². The summed E-state index contributed by atoms with van der Waals surface area (Å²) in [5, 5.41) is 0.274. The molecule has 0 radical (unpaired) electrons. The van der Waals surface area contributed by atoms with E-state index >= 15 is 0 Å². The van der Waals surface area contributed by atoms with Crippen molar-refractivity contribution in [3.05, 3.63) is 11.8 Å². The number of ether oxygens (including phenoxy) is 1. The van der Waals surface area contributed by atoms with E-state index < -0.39 is 8.07 Å². The van der Waals surface area contributed by atoms with Gasteiger partial charge in [-0.25, -0.2) is 4.79 Å². The summed E-state index contributed by atoms with van der Waals surface area (Å²) >= 11 is 0. The van der Waals surface area contributed by atoms with Crippen LogP contribution in [0.1, 0.15) is 27.7 Å². The monoisotopic (exact) mass is 214 g/mol. The Morgan fingerprint density at radius 2 is 1.86 bits per heavy atom. The highest BCUT2D eigenvalue weighted by Gasteiger charge is 2.32. The van der Waals surface area contributed by atoms with Gasteiger partial charge in [-0.05, 0) is 12.0 Å². The summed E-state index contributed by atoms with van der Waals surface area (Å²) < 4.78 is 4.85. The van der Waals surface area contributed by atoms with E-state index in [1.165, 1.54) is 0 Å². The molecule has 0 atom stereocenters. The van der Waals surface area contributed by atoms with E-state index in [-0.39, 0.29) is 11.0 Å². The smallest absolute Gasteiger partial charge is 0.330 e.